The number of urea groups is 1. The van der Waals surface area contributed by atoms with E-state index in [0.29, 0.717) is 32.7 Å². The summed E-state index contributed by atoms with van der Waals surface area (Å²) in [6.45, 7) is 3.26. The Balaban J connectivity index is 1.38. The minimum Gasteiger partial charge on any atom is -0.378 e. The van der Waals surface area contributed by atoms with E-state index < -0.39 is 0 Å². The topological polar surface area (TPSA) is 74.8 Å². The van der Waals surface area contributed by atoms with Gasteiger partial charge in [-0.25, -0.2) is 4.79 Å². The summed E-state index contributed by atoms with van der Waals surface area (Å²) in [5.74, 6) is 0.116. The Morgan fingerprint density at radius 1 is 0.968 bits per heavy atom. The van der Waals surface area contributed by atoms with Crippen molar-refractivity contribution in [2.24, 2.45) is 0 Å². The van der Waals surface area contributed by atoms with Crippen molar-refractivity contribution in [1.82, 2.24) is 14.8 Å². The molecule has 1 N–H and O–H groups in total. The van der Waals surface area contributed by atoms with E-state index in [-0.39, 0.29) is 18.0 Å². The zero-order valence-electron chi connectivity index (χ0n) is 17.8. The monoisotopic (exact) mass is 422 g/mol. The second kappa shape index (κ2) is 10.4. The van der Waals surface area contributed by atoms with Crippen LogP contribution in [0.2, 0.25) is 0 Å². The van der Waals surface area contributed by atoms with E-state index >= 15 is 0 Å². The highest BCUT2D eigenvalue weighted by Crippen LogP contribution is 2.30. The predicted molar refractivity (Wildman–Crippen MR) is 119 cm³/mol. The minimum atomic E-state index is -0.0825. The Bertz CT molecular complexity index is 866. The van der Waals surface area contributed by atoms with Crippen molar-refractivity contribution in [2.75, 3.05) is 38.2 Å². The Kier molecular flexibility index (Phi) is 7.14. The maximum absolute atomic E-state index is 13.1. The Morgan fingerprint density at radius 3 is 2.45 bits per heavy atom. The molecule has 2 aromatic rings. The molecule has 0 bridgehead atoms. The van der Waals surface area contributed by atoms with Gasteiger partial charge in [0.15, 0.2) is 0 Å². The number of hydrogen-bond donors (Lipinski definition) is 1. The molecule has 1 aromatic heterocycles. The molecule has 1 aromatic carbocycles. The first-order chi connectivity index (χ1) is 15.2. The number of carbonyl (C=O) groups is 2. The van der Waals surface area contributed by atoms with Gasteiger partial charge in [0.25, 0.3) is 0 Å². The van der Waals surface area contributed by atoms with Crippen molar-refractivity contribution in [2.45, 2.75) is 38.1 Å². The molecule has 0 radical (unpaired) electrons. The fourth-order valence-corrected chi connectivity index (χ4v) is 4.28. The maximum Gasteiger partial charge on any atom is 0.322 e. The van der Waals surface area contributed by atoms with Gasteiger partial charge >= 0.3 is 6.03 Å². The van der Waals surface area contributed by atoms with Crippen LogP contribution in [0, 0.1) is 0 Å². The van der Waals surface area contributed by atoms with Crippen molar-refractivity contribution < 1.29 is 14.3 Å². The molecular formula is C24H30N4O3. The average Bonchev–Trinajstić information content (AvgIpc) is 3.08. The lowest BCUT2D eigenvalue weighted by Crippen LogP contribution is -2.41. The number of hydrogen-bond acceptors (Lipinski definition) is 4. The first kappa shape index (κ1) is 21.3. The van der Waals surface area contributed by atoms with Gasteiger partial charge in [-0.2, -0.15) is 0 Å². The quantitative estimate of drug-likeness (QED) is 0.816. The van der Waals surface area contributed by atoms with Gasteiger partial charge in [0, 0.05) is 37.7 Å². The van der Waals surface area contributed by atoms with Crippen LogP contribution in [-0.2, 0) is 16.0 Å². The van der Waals surface area contributed by atoms with E-state index in [0.717, 1.165) is 49.0 Å². The lowest BCUT2D eigenvalue weighted by Gasteiger charge is -2.30. The number of carbonyl (C=O) groups excluding carboxylic acids is 2. The van der Waals surface area contributed by atoms with E-state index in [1.54, 1.807) is 12.4 Å². The highest BCUT2D eigenvalue weighted by atomic mass is 16.5. The van der Waals surface area contributed by atoms with Crippen LogP contribution in [0.3, 0.4) is 0 Å². The second-order valence-electron chi connectivity index (χ2n) is 8.14. The van der Waals surface area contributed by atoms with E-state index in [2.05, 4.69) is 10.3 Å². The summed E-state index contributed by atoms with van der Waals surface area (Å²) in [5, 5.41) is 3.04. The molecule has 2 aliphatic rings. The third kappa shape index (κ3) is 5.61. The van der Waals surface area contributed by atoms with Gasteiger partial charge in [0.2, 0.25) is 5.91 Å². The standard InChI is InChI=1S/C24H30N4O3/c29-23(27-14-16-31-17-15-27)18-19-5-7-21(8-6-19)26-24(30)28-13-3-1-2-4-22(28)20-9-11-25-12-10-20/h5-12,22H,1-4,13-18H2,(H,26,30). The van der Waals surface area contributed by atoms with Crippen LogP contribution < -0.4 is 5.32 Å². The number of morpholine rings is 1. The maximum atomic E-state index is 13.1. The summed E-state index contributed by atoms with van der Waals surface area (Å²) in [6, 6.07) is 11.6. The molecule has 2 saturated heterocycles. The number of rotatable bonds is 4. The van der Waals surface area contributed by atoms with Crippen LogP contribution in [0.25, 0.3) is 0 Å². The first-order valence-electron chi connectivity index (χ1n) is 11.1. The minimum absolute atomic E-state index is 0.0657. The summed E-state index contributed by atoms with van der Waals surface area (Å²) >= 11 is 0. The number of nitrogens with one attached hydrogen (secondary N) is 1. The molecule has 164 valence electrons. The number of ether oxygens (including phenoxy) is 1. The summed E-state index contributed by atoms with van der Waals surface area (Å²) < 4.78 is 5.31. The van der Waals surface area contributed by atoms with E-state index in [1.807, 2.05) is 46.2 Å². The predicted octanol–water partition coefficient (Wildman–Crippen LogP) is 3.63. The van der Waals surface area contributed by atoms with Crippen LogP contribution in [0.5, 0.6) is 0 Å². The summed E-state index contributed by atoms with van der Waals surface area (Å²) in [4.78, 5) is 33.4. The van der Waals surface area contributed by atoms with Gasteiger partial charge in [0.05, 0.1) is 25.7 Å². The zero-order chi connectivity index (χ0) is 21.5. The molecule has 7 heteroatoms. The van der Waals surface area contributed by atoms with E-state index in [1.165, 1.54) is 0 Å². The highest BCUT2D eigenvalue weighted by molar-refractivity contribution is 5.89. The summed E-state index contributed by atoms with van der Waals surface area (Å²) in [5.41, 5.74) is 2.81. The Morgan fingerprint density at radius 2 is 1.71 bits per heavy atom. The molecule has 1 unspecified atom stereocenters. The van der Waals surface area contributed by atoms with Crippen molar-refractivity contribution in [3.63, 3.8) is 0 Å². The fourth-order valence-electron chi connectivity index (χ4n) is 4.28. The van der Waals surface area contributed by atoms with Crippen LogP contribution in [0.15, 0.2) is 48.8 Å². The molecule has 3 heterocycles. The summed E-state index contributed by atoms with van der Waals surface area (Å²) in [6.07, 6.45) is 8.16. The molecule has 0 aliphatic carbocycles. The molecule has 3 amide bonds. The molecule has 2 fully saturated rings. The van der Waals surface area contributed by atoms with Crippen LogP contribution in [-0.4, -0.2) is 59.6 Å². The molecule has 7 nitrogen and oxygen atoms in total. The lowest BCUT2D eigenvalue weighted by atomic mass is 10.0. The average molecular weight is 423 g/mol. The van der Waals surface area contributed by atoms with Crippen molar-refractivity contribution in [1.29, 1.82) is 0 Å². The highest BCUT2D eigenvalue weighted by Gasteiger charge is 2.27. The Labute approximate surface area is 183 Å². The normalized spacial score (nSPS) is 19.5. The van der Waals surface area contributed by atoms with Gasteiger partial charge in [-0.3, -0.25) is 9.78 Å². The van der Waals surface area contributed by atoms with Gasteiger partial charge in [-0.1, -0.05) is 25.0 Å². The smallest absolute Gasteiger partial charge is 0.322 e. The van der Waals surface area contributed by atoms with Gasteiger partial charge < -0.3 is 19.9 Å². The molecule has 4 rings (SSSR count). The Hall–Kier alpha value is -2.93. The number of pyridine rings is 1. The van der Waals surface area contributed by atoms with Crippen molar-refractivity contribution >= 4 is 17.6 Å². The number of anilines is 1. The molecule has 2 aliphatic heterocycles. The molecular weight excluding hydrogens is 392 g/mol. The van der Waals surface area contributed by atoms with Crippen LogP contribution in [0.1, 0.15) is 42.9 Å². The number of amides is 3. The molecule has 31 heavy (non-hydrogen) atoms. The van der Waals surface area contributed by atoms with Gasteiger partial charge in [-0.05, 0) is 48.2 Å². The molecule has 0 spiro atoms. The number of likely N-dealkylation sites (tertiary alicyclic amines) is 1. The summed E-state index contributed by atoms with van der Waals surface area (Å²) in [7, 11) is 0. The second-order valence-corrected chi connectivity index (χ2v) is 8.14. The zero-order valence-corrected chi connectivity index (χ0v) is 17.8. The number of benzene rings is 1. The third-order valence-corrected chi connectivity index (χ3v) is 6.03. The van der Waals surface area contributed by atoms with Crippen LogP contribution >= 0.6 is 0 Å². The van der Waals surface area contributed by atoms with E-state index in [4.69, 9.17) is 4.74 Å². The van der Waals surface area contributed by atoms with E-state index in [9.17, 15) is 9.59 Å². The van der Waals surface area contributed by atoms with Crippen molar-refractivity contribution in [3.05, 3.63) is 59.9 Å². The fraction of sp³-hybridized carbons (Fsp3) is 0.458. The number of aromatic nitrogens is 1. The SMILES string of the molecule is O=C(Cc1ccc(NC(=O)N2CCCCCC2c2ccncc2)cc1)N1CCOCC1. The third-order valence-electron chi connectivity index (χ3n) is 6.03. The lowest BCUT2D eigenvalue weighted by molar-refractivity contribution is -0.134. The van der Waals surface area contributed by atoms with Crippen LogP contribution in [0.4, 0.5) is 10.5 Å². The first-order valence-corrected chi connectivity index (χ1v) is 11.1. The molecule has 1 atom stereocenters. The van der Waals surface area contributed by atoms with Gasteiger partial charge in [-0.15, -0.1) is 0 Å². The molecule has 0 saturated carbocycles. The van der Waals surface area contributed by atoms with Gasteiger partial charge in [0.1, 0.15) is 0 Å². The van der Waals surface area contributed by atoms with Crippen molar-refractivity contribution in [3.8, 4) is 0 Å². The largest absolute Gasteiger partial charge is 0.378 e. The number of nitrogens with zero attached hydrogens (tertiary/aromatic N) is 3.